The van der Waals surface area contributed by atoms with Crippen molar-refractivity contribution in [3.8, 4) is 11.1 Å². The van der Waals surface area contributed by atoms with Crippen LogP contribution in [0.1, 0.15) is 34.2 Å². The molecule has 3 aromatic rings. The molecule has 1 unspecified atom stereocenters. The number of aliphatic imine (C=N–C) groups is 1. The minimum Gasteiger partial charge on any atom is -0.272 e. The Morgan fingerprint density at radius 3 is 2.61 bits per heavy atom. The maximum Gasteiger partial charge on any atom is 0.0943 e. The van der Waals surface area contributed by atoms with Gasteiger partial charge in [0.05, 0.1) is 11.8 Å². The van der Waals surface area contributed by atoms with Crippen molar-refractivity contribution < 1.29 is 0 Å². The monoisotopic (exact) mass is 400 g/mol. The van der Waals surface area contributed by atoms with Gasteiger partial charge in [-0.2, -0.15) is 0 Å². The summed E-state index contributed by atoms with van der Waals surface area (Å²) in [5.41, 5.74) is 12.2. The fourth-order valence-corrected chi connectivity index (χ4v) is 5.22. The Labute approximate surface area is 183 Å². The molecule has 2 aliphatic carbocycles. The number of hydrogen-bond acceptors (Lipinski definition) is 2. The van der Waals surface area contributed by atoms with Gasteiger partial charge in [-0.1, -0.05) is 60.7 Å². The van der Waals surface area contributed by atoms with E-state index < -0.39 is 0 Å². The third-order valence-electron chi connectivity index (χ3n) is 6.67. The minimum atomic E-state index is 0.0261. The normalized spacial score (nSPS) is 18.9. The number of rotatable bonds is 2. The number of allylic oxidation sites excluding steroid dienone is 4. The number of aromatic nitrogens is 1. The van der Waals surface area contributed by atoms with Gasteiger partial charge in [0.15, 0.2) is 0 Å². The third-order valence-corrected chi connectivity index (χ3v) is 6.67. The second-order valence-electron chi connectivity index (χ2n) is 8.42. The van der Waals surface area contributed by atoms with Gasteiger partial charge in [0, 0.05) is 18.0 Å². The van der Waals surface area contributed by atoms with Crippen LogP contribution in [0.3, 0.4) is 0 Å². The van der Waals surface area contributed by atoms with E-state index in [1.165, 1.54) is 33.4 Å². The fraction of sp³-hybridized carbons (Fsp3) is 0.172. The van der Waals surface area contributed by atoms with Crippen molar-refractivity contribution in [2.24, 2.45) is 4.99 Å². The molecule has 0 bridgehead atoms. The van der Waals surface area contributed by atoms with Crippen LogP contribution >= 0.6 is 0 Å². The summed E-state index contributed by atoms with van der Waals surface area (Å²) in [5.74, 6) is 0. The van der Waals surface area contributed by atoms with Crippen LogP contribution in [0.15, 0.2) is 96.3 Å². The summed E-state index contributed by atoms with van der Waals surface area (Å²) in [4.78, 5) is 9.43. The Hall–Kier alpha value is -3.52. The van der Waals surface area contributed by atoms with Crippen LogP contribution in [-0.4, -0.2) is 16.7 Å². The van der Waals surface area contributed by atoms with Crippen LogP contribution in [0.25, 0.3) is 16.7 Å². The topological polar surface area (TPSA) is 25.2 Å². The van der Waals surface area contributed by atoms with Crippen molar-refractivity contribution in [3.63, 3.8) is 0 Å². The summed E-state index contributed by atoms with van der Waals surface area (Å²) in [6, 6.07) is 17.6. The van der Waals surface area contributed by atoms with Crippen LogP contribution in [0, 0.1) is 0 Å². The molecule has 31 heavy (non-hydrogen) atoms. The van der Waals surface area contributed by atoms with Gasteiger partial charge >= 0.3 is 0 Å². The molecule has 0 fully saturated rings. The number of benzene rings is 2. The SMILES string of the molecule is C1=CC(c2cccnc2)=NC(C2=CCCc3c2ccc2c3CCc3ccccc3-2)C=C1. The molecular weight excluding hydrogens is 376 g/mol. The molecule has 2 heterocycles. The summed E-state index contributed by atoms with van der Waals surface area (Å²) < 4.78 is 0. The fourth-order valence-electron chi connectivity index (χ4n) is 5.22. The van der Waals surface area contributed by atoms with E-state index in [2.05, 4.69) is 77.8 Å². The van der Waals surface area contributed by atoms with E-state index in [4.69, 9.17) is 4.99 Å². The zero-order valence-electron chi connectivity index (χ0n) is 17.5. The lowest BCUT2D eigenvalue weighted by atomic mass is 9.77. The molecule has 0 saturated carbocycles. The summed E-state index contributed by atoms with van der Waals surface area (Å²) in [6.45, 7) is 0. The van der Waals surface area contributed by atoms with Crippen LogP contribution in [0.2, 0.25) is 0 Å². The molecule has 1 atom stereocenters. The third kappa shape index (κ3) is 3.19. The van der Waals surface area contributed by atoms with E-state index in [1.807, 2.05) is 12.3 Å². The van der Waals surface area contributed by atoms with Crippen LogP contribution in [0.5, 0.6) is 0 Å². The minimum absolute atomic E-state index is 0.0261. The van der Waals surface area contributed by atoms with Gasteiger partial charge in [-0.25, -0.2) is 0 Å². The predicted molar refractivity (Wildman–Crippen MR) is 128 cm³/mol. The molecule has 6 rings (SSSR count). The standard InChI is InChI=1S/C29H24N2/c1-2-9-22-20(7-1)14-15-25-23-10-5-11-27(26(23)17-16-24(22)25)29-13-4-3-12-28(31-29)21-8-6-18-30-19-21/h1-4,6-9,11-13,16-19,29H,5,10,14-15H2. The molecule has 2 aromatic carbocycles. The molecule has 0 amide bonds. The molecule has 0 radical (unpaired) electrons. The molecule has 1 aliphatic heterocycles. The highest BCUT2D eigenvalue weighted by molar-refractivity contribution is 6.09. The lowest BCUT2D eigenvalue weighted by Crippen LogP contribution is -2.16. The van der Waals surface area contributed by atoms with E-state index in [0.29, 0.717) is 0 Å². The first-order valence-corrected chi connectivity index (χ1v) is 11.1. The zero-order valence-corrected chi connectivity index (χ0v) is 17.5. The summed E-state index contributed by atoms with van der Waals surface area (Å²) >= 11 is 0. The van der Waals surface area contributed by atoms with Gasteiger partial charge in [0.1, 0.15) is 0 Å². The summed E-state index contributed by atoms with van der Waals surface area (Å²) in [6.07, 6.45) is 19.1. The van der Waals surface area contributed by atoms with Crippen LogP contribution in [0.4, 0.5) is 0 Å². The molecule has 150 valence electrons. The van der Waals surface area contributed by atoms with Gasteiger partial charge in [0.2, 0.25) is 0 Å². The van der Waals surface area contributed by atoms with Crippen molar-refractivity contribution in [1.29, 1.82) is 0 Å². The van der Waals surface area contributed by atoms with Crippen LogP contribution in [-0.2, 0) is 19.3 Å². The Kier molecular flexibility index (Phi) is 4.49. The second-order valence-corrected chi connectivity index (χ2v) is 8.42. The molecule has 2 nitrogen and oxygen atoms in total. The van der Waals surface area contributed by atoms with Crippen molar-refractivity contribution >= 4 is 11.3 Å². The van der Waals surface area contributed by atoms with Gasteiger partial charge in [-0.05, 0) is 82.8 Å². The molecule has 1 aromatic heterocycles. The predicted octanol–water partition coefficient (Wildman–Crippen LogP) is 6.16. The van der Waals surface area contributed by atoms with Gasteiger partial charge in [0.25, 0.3) is 0 Å². The Bertz CT molecular complexity index is 1280. The van der Waals surface area contributed by atoms with Crippen molar-refractivity contribution in [2.75, 3.05) is 0 Å². The van der Waals surface area contributed by atoms with Gasteiger partial charge in [-0.3, -0.25) is 9.98 Å². The largest absolute Gasteiger partial charge is 0.272 e. The molecule has 0 saturated heterocycles. The van der Waals surface area contributed by atoms with Crippen molar-refractivity contribution in [3.05, 3.63) is 119 Å². The van der Waals surface area contributed by atoms with Crippen molar-refractivity contribution in [1.82, 2.24) is 4.98 Å². The van der Waals surface area contributed by atoms with Gasteiger partial charge < -0.3 is 0 Å². The first-order valence-electron chi connectivity index (χ1n) is 11.1. The van der Waals surface area contributed by atoms with Crippen LogP contribution < -0.4 is 0 Å². The average molecular weight is 401 g/mol. The molecule has 0 N–H and O–H groups in total. The quantitative estimate of drug-likeness (QED) is 0.506. The maximum absolute atomic E-state index is 5.15. The smallest absolute Gasteiger partial charge is 0.0943 e. The summed E-state index contributed by atoms with van der Waals surface area (Å²) in [7, 11) is 0. The molecule has 2 heteroatoms. The number of nitrogens with zero attached hydrogens (tertiary/aromatic N) is 2. The van der Waals surface area contributed by atoms with E-state index in [9.17, 15) is 0 Å². The maximum atomic E-state index is 5.15. The first kappa shape index (κ1) is 18.3. The van der Waals surface area contributed by atoms with E-state index in [0.717, 1.165) is 37.0 Å². The Balaban J connectivity index is 1.43. The molecular formula is C29H24N2. The zero-order chi connectivity index (χ0) is 20.6. The number of aryl methyl sites for hydroxylation is 1. The highest BCUT2D eigenvalue weighted by atomic mass is 14.8. The Morgan fingerprint density at radius 1 is 0.774 bits per heavy atom. The number of pyridine rings is 1. The highest BCUT2D eigenvalue weighted by Gasteiger charge is 2.26. The average Bonchev–Trinajstić information content (AvgIpc) is 3.10. The van der Waals surface area contributed by atoms with Gasteiger partial charge in [-0.15, -0.1) is 0 Å². The van der Waals surface area contributed by atoms with Crippen molar-refractivity contribution in [2.45, 2.75) is 31.7 Å². The molecule has 3 aliphatic rings. The lowest BCUT2D eigenvalue weighted by molar-refractivity contribution is 0.874. The lowest BCUT2D eigenvalue weighted by Gasteiger charge is -2.28. The number of fused-ring (bicyclic) bond motifs is 5. The Morgan fingerprint density at radius 2 is 1.68 bits per heavy atom. The highest BCUT2D eigenvalue weighted by Crippen LogP contribution is 2.41. The summed E-state index contributed by atoms with van der Waals surface area (Å²) in [5, 5.41) is 0. The molecule has 0 spiro atoms. The van der Waals surface area contributed by atoms with E-state index >= 15 is 0 Å². The van der Waals surface area contributed by atoms with E-state index in [1.54, 1.807) is 11.8 Å². The van der Waals surface area contributed by atoms with E-state index in [-0.39, 0.29) is 6.04 Å². The number of hydrogen-bond donors (Lipinski definition) is 0. The first-order chi connectivity index (χ1) is 15.4. The second kappa shape index (κ2) is 7.63.